The van der Waals surface area contributed by atoms with E-state index < -0.39 is 0 Å². The minimum atomic E-state index is -0.338. The molecule has 1 unspecified atom stereocenters. The number of nitrogens with zero attached hydrogens (tertiary/aromatic N) is 2. The molecular formula is C21H23N3O2. The van der Waals surface area contributed by atoms with Gasteiger partial charge in [0, 0.05) is 6.61 Å². The van der Waals surface area contributed by atoms with Crippen molar-refractivity contribution in [3.63, 3.8) is 0 Å². The molecule has 0 spiro atoms. The lowest BCUT2D eigenvalue weighted by molar-refractivity contribution is -0.124. The molecule has 5 heteroatoms. The number of rotatable bonds is 4. The first-order valence-corrected chi connectivity index (χ1v) is 9.06. The van der Waals surface area contributed by atoms with Crippen molar-refractivity contribution in [1.82, 2.24) is 9.78 Å². The predicted molar refractivity (Wildman–Crippen MR) is 102 cm³/mol. The maximum atomic E-state index is 12.4. The third-order valence-electron chi connectivity index (χ3n) is 5.05. The van der Waals surface area contributed by atoms with E-state index in [0.29, 0.717) is 13.2 Å². The van der Waals surface area contributed by atoms with E-state index in [9.17, 15) is 4.79 Å². The Labute approximate surface area is 153 Å². The zero-order chi connectivity index (χ0) is 18.1. The molecule has 1 amide bonds. The molecule has 5 nitrogen and oxygen atoms in total. The van der Waals surface area contributed by atoms with Gasteiger partial charge in [0.05, 0.1) is 23.6 Å². The number of aromatic nitrogens is 2. The highest BCUT2D eigenvalue weighted by Gasteiger charge is 2.25. The Bertz CT molecular complexity index is 950. The first-order valence-electron chi connectivity index (χ1n) is 9.06. The maximum Gasteiger partial charge on any atom is 0.253 e. The van der Waals surface area contributed by atoms with Crippen LogP contribution < -0.4 is 5.32 Å². The molecule has 134 valence electrons. The van der Waals surface area contributed by atoms with Crippen molar-refractivity contribution in [2.75, 3.05) is 11.9 Å². The van der Waals surface area contributed by atoms with Gasteiger partial charge in [0.25, 0.3) is 5.91 Å². The second-order valence-corrected chi connectivity index (χ2v) is 6.83. The number of carbonyl (C=O) groups excluding carboxylic acids is 1. The van der Waals surface area contributed by atoms with Crippen molar-refractivity contribution < 1.29 is 9.53 Å². The van der Waals surface area contributed by atoms with Gasteiger partial charge in [-0.05, 0) is 43.0 Å². The number of hydrogen-bond donors (Lipinski definition) is 1. The Morgan fingerprint density at radius 3 is 2.85 bits per heavy atom. The van der Waals surface area contributed by atoms with Gasteiger partial charge in [0.15, 0.2) is 0 Å². The van der Waals surface area contributed by atoms with Crippen LogP contribution in [0.25, 0.3) is 10.8 Å². The van der Waals surface area contributed by atoms with Gasteiger partial charge in [-0.1, -0.05) is 42.5 Å². The van der Waals surface area contributed by atoms with Gasteiger partial charge in [0.2, 0.25) is 0 Å². The summed E-state index contributed by atoms with van der Waals surface area (Å²) >= 11 is 0. The van der Waals surface area contributed by atoms with E-state index in [1.807, 2.05) is 24.6 Å². The number of nitrogens with one attached hydrogen (secondary N) is 1. The molecule has 1 aliphatic heterocycles. The smallest absolute Gasteiger partial charge is 0.253 e. The highest BCUT2D eigenvalue weighted by molar-refractivity contribution is 5.95. The number of benzene rings is 2. The Morgan fingerprint density at radius 2 is 2.04 bits per heavy atom. The van der Waals surface area contributed by atoms with Gasteiger partial charge in [-0.25, -0.2) is 0 Å². The van der Waals surface area contributed by atoms with Gasteiger partial charge < -0.3 is 10.1 Å². The summed E-state index contributed by atoms with van der Waals surface area (Å²) in [6.07, 6.45) is 1.39. The molecule has 3 aromatic rings. The first-order chi connectivity index (χ1) is 12.6. The Hall–Kier alpha value is -2.66. The van der Waals surface area contributed by atoms with E-state index in [4.69, 9.17) is 4.74 Å². The molecule has 2 aromatic carbocycles. The summed E-state index contributed by atoms with van der Waals surface area (Å²) in [6.45, 7) is 5.26. The summed E-state index contributed by atoms with van der Waals surface area (Å²) in [5, 5.41) is 10.1. The Balaban J connectivity index is 1.60. The van der Waals surface area contributed by atoms with Crippen molar-refractivity contribution in [2.24, 2.45) is 0 Å². The van der Waals surface area contributed by atoms with Crippen LogP contribution in [0.2, 0.25) is 0 Å². The number of amides is 1. The minimum absolute atomic E-state index is 0.0709. The van der Waals surface area contributed by atoms with Crippen LogP contribution in [-0.2, 0) is 16.1 Å². The number of carbonyl (C=O) groups is 1. The Morgan fingerprint density at radius 1 is 1.23 bits per heavy atom. The average molecular weight is 349 g/mol. The van der Waals surface area contributed by atoms with E-state index in [0.717, 1.165) is 29.9 Å². The summed E-state index contributed by atoms with van der Waals surface area (Å²) in [7, 11) is 0. The quantitative estimate of drug-likeness (QED) is 0.779. The molecule has 1 N–H and O–H groups in total. The summed E-state index contributed by atoms with van der Waals surface area (Å²) in [6, 6.07) is 14.7. The van der Waals surface area contributed by atoms with Gasteiger partial charge >= 0.3 is 0 Å². The normalized spacial score (nSPS) is 16.9. The molecule has 0 radical (unpaired) electrons. The number of ether oxygens (including phenoxy) is 1. The van der Waals surface area contributed by atoms with E-state index in [-0.39, 0.29) is 12.0 Å². The zero-order valence-corrected chi connectivity index (χ0v) is 15.2. The number of anilines is 1. The van der Waals surface area contributed by atoms with Crippen molar-refractivity contribution in [2.45, 2.75) is 39.3 Å². The molecule has 0 bridgehead atoms. The number of hydrogen-bond acceptors (Lipinski definition) is 3. The molecule has 1 atom stereocenters. The van der Waals surface area contributed by atoms with Crippen LogP contribution in [0.4, 0.5) is 5.69 Å². The molecule has 0 saturated carbocycles. The molecule has 1 saturated heterocycles. The van der Waals surface area contributed by atoms with Crippen molar-refractivity contribution in [3.8, 4) is 0 Å². The molecule has 4 rings (SSSR count). The molecule has 1 aliphatic rings. The maximum absolute atomic E-state index is 12.4. The highest BCUT2D eigenvalue weighted by Crippen LogP contribution is 2.24. The summed E-state index contributed by atoms with van der Waals surface area (Å²) in [5.74, 6) is -0.0709. The molecular weight excluding hydrogens is 326 g/mol. The van der Waals surface area contributed by atoms with Gasteiger partial charge in [-0.15, -0.1) is 0 Å². The van der Waals surface area contributed by atoms with Crippen molar-refractivity contribution in [3.05, 3.63) is 59.4 Å². The monoisotopic (exact) mass is 349 g/mol. The molecule has 1 aromatic heterocycles. The van der Waals surface area contributed by atoms with Crippen LogP contribution in [0.3, 0.4) is 0 Å². The molecule has 0 aliphatic carbocycles. The summed E-state index contributed by atoms with van der Waals surface area (Å²) < 4.78 is 7.44. The first kappa shape index (κ1) is 16.8. The second-order valence-electron chi connectivity index (χ2n) is 6.83. The fourth-order valence-corrected chi connectivity index (χ4v) is 3.61. The largest absolute Gasteiger partial charge is 0.368 e. The number of aryl methyl sites for hydroxylation is 1. The molecule has 1 fully saturated rings. The summed E-state index contributed by atoms with van der Waals surface area (Å²) in [4.78, 5) is 12.4. The van der Waals surface area contributed by atoms with Gasteiger partial charge in [0.1, 0.15) is 6.10 Å². The van der Waals surface area contributed by atoms with Crippen LogP contribution in [-0.4, -0.2) is 28.4 Å². The van der Waals surface area contributed by atoms with Crippen LogP contribution >= 0.6 is 0 Å². The van der Waals surface area contributed by atoms with E-state index in [1.165, 1.54) is 16.3 Å². The van der Waals surface area contributed by atoms with Crippen LogP contribution in [0.1, 0.15) is 29.8 Å². The van der Waals surface area contributed by atoms with Crippen LogP contribution in [0.15, 0.2) is 42.5 Å². The van der Waals surface area contributed by atoms with Gasteiger partial charge in [-0.2, -0.15) is 5.10 Å². The fourth-order valence-electron chi connectivity index (χ4n) is 3.61. The lowest BCUT2D eigenvalue weighted by Crippen LogP contribution is -2.27. The average Bonchev–Trinajstić information content (AvgIpc) is 3.27. The number of fused-ring (bicyclic) bond motifs is 1. The molecule has 26 heavy (non-hydrogen) atoms. The fraction of sp³-hybridized carbons (Fsp3) is 0.333. The van der Waals surface area contributed by atoms with E-state index in [2.05, 4.69) is 46.8 Å². The van der Waals surface area contributed by atoms with E-state index in [1.54, 1.807) is 0 Å². The lowest BCUT2D eigenvalue weighted by Gasteiger charge is -2.11. The van der Waals surface area contributed by atoms with E-state index >= 15 is 0 Å². The standard InChI is InChI=1S/C21H23N3O2/c1-14-20(22-21(25)19-11-6-12-26-19)15(2)24(23-14)13-17-9-5-8-16-7-3-4-10-18(16)17/h3-5,7-10,19H,6,11-13H2,1-2H3,(H,22,25). The zero-order valence-electron chi connectivity index (χ0n) is 15.2. The van der Waals surface area contributed by atoms with Gasteiger partial charge in [-0.3, -0.25) is 9.48 Å². The third kappa shape index (κ3) is 3.10. The van der Waals surface area contributed by atoms with Crippen LogP contribution in [0.5, 0.6) is 0 Å². The SMILES string of the molecule is Cc1nn(Cc2cccc3ccccc23)c(C)c1NC(=O)C1CCCO1. The third-order valence-corrected chi connectivity index (χ3v) is 5.05. The topological polar surface area (TPSA) is 56.2 Å². The van der Waals surface area contributed by atoms with Crippen molar-refractivity contribution in [1.29, 1.82) is 0 Å². The van der Waals surface area contributed by atoms with Crippen LogP contribution in [0, 0.1) is 13.8 Å². The minimum Gasteiger partial charge on any atom is -0.368 e. The Kier molecular flexibility index (Phi) is 4.47. The van der Waals surface area contributed by atoms with Crippen molar-refractivity contribution >= 4 is 22.4 Å². The second kappa shape index (κ2) is 6.92. The lowest BCUT2D eigenvalue weighted by atomic mass is 10.0. The molecule has 2 heterocycles. The summed E-state index contributed by atoms with van der Waals surface area (Å²) in [5.41, 5.74) is 3.80. The highest BCUT2D eigenvalue weighted by atomic mass is 16.5. The predicted octanol–water partition coefficient (Wildman–Crippen LogP) is 3.82.